The van der Waals surface area contributed by atoms with Gasteiger partial charge in [0.2, 0.25) is 0 Å². The molecule has 2 atom stereocenters. The van der Waals surface area contributed by atoms with Gasteiger partial charge in [0.05, 0.1) is 12.5 Å². The van der Waals surface area contributed by atoms with E-state index in [0.29, 0.717) is 6.42 Å². The van der Waals surface area contributed by atoms with Gasteiger partial charge in [0.15, 0.2) is 0 Å². The fourth-order valence-corrected chi connectivity index (χ4v) is 10.5. The van der Waals surface area contributed by atoms with Gasteiger partial charge in [0, 0.05) is 6.42 Å². The summed E-state index contributed by atoms with van der Waals surface area (Å²) >= 11 is 0. The Morgan fingerprint density at radius 3 is 2.08 bits per heavy atom. The maximum Gasteiger partial charge on any atom is 0.308 e. The van der Waals surface area contributed by atoms with Gasteiger partial charge in [-0.15, -0.1) is 0 Å². The van der Waals surface area contributed by atoms with Crippen molar-refractivity contribution in [2.24, 2.45) is 0 Å². The number of carbonyl (C=O) groups is 1. The lowest BCUT2D eigenvalue weighted by atomic mass is 9.98. The zero-order valence-corrected chi connectivity index (χ0v) is 23.7. The normalized spacial score (nSPS) is 18.6. The molecule has 1 heterocycles. The van der Waals surface area contributed by atoms with Crippen LogP contribution >= 0.6 is 0 Å². The zero-order chi connectivity index (χ0) is 26.8. The van der Waals surface area contributed by atoms with Crippen molar-refractivity contribution in [3.8, 4) is 0 Å². The third-order valence-electron chi connectivity index (χ3n) is 7.60. The third kappa shape index (κ3) is 5.11. The zero-order valence-electron chi connectivity index (χ0n) is 22.7. The Hall–Kier alpha value is -3.47. The van der Waals surface area contributed by atoms with Crippen LogP contribution in [0.3, 0.4) is 0 Å². The summed E-state index contributed by atoms with van der Waals surface area (Å²) in [5.41, 5.74) is 2.36. The van der Waals surface area contributed by atoms with Crippen molar-refractivity contribution in [1.29, 1.82) is 0 Å². The first kappa shape index (κ1) is 26.1. The summed E-state index contributed by atoms with van der Waals surface area (Å²) in [6.07, 6.45) is 4.48. The summed E-state index contributed by atoms with van der Waals surface area (Å²) in [4.78, 5) is 12.9. The summed E-state index contributed by atoms with van der Waals surface area (Å²) in [7, 11) is -2.76. The highest BCUT2D eigenvalue weighted by Gasteiger charge is 2.52. The van der Waals surface area contributed by atoms with Gasteiger partial charge in [0.1, 0.15) is 6.10 Å². The molecule has 1 saturated heterocycles. The van der Waals surface area contributed by atoms with Crippen LogP contribution in [0.2, 0.25) is 5.04 Å². The highest BCUT2D eigenvalue weighted by atomic mass is 28.4. The molecule has 2 unspecified atom stereocenters. The second-order valence-electron chi connectivity index (χ2n) is 11.2. The number of carbonyl (C=O) groups excluding carboxylic acids is 1. The molecule has 0 spiro atoms. The van der Waals surface area contributed by atoms with E-state index in [4.69, 9.17) is 9.16 Å². The van der Waals surface area contributed by atoms with Gasteiger partial charge < -0.3 is 9.16 Å². The van der Waals surface area contributed by atoms with E-state index in [2.05, 4.69) is 119 Å². The molecule has 4 aromatic carbocycles. The summed E-state index contributed by atoms with van der Waals surface area (Å²) < 4.78 is 13.1. The first-order valence-corrected chi connectivity index (χ1v) is 15.3. The van der Waals surface area contributed by atoms with Crippen molar-refractivity contribution in [3.05, 3.63) is 114 Å². The average Bonchev–Trinajstić information content (AvgIpc) is 2.91. The Morgan fingerprint density at radius 2 is 1.45 bits per heavy atom. The van der Waals surface area contributed by atoms with Crippen LogP contribution in [0, 0.1) is 6.92 Å². The molecule has 0 amide bonds. The van der Waals surface area contributed by atoms with E-state index in [9.17, 15) is 4.79 Å². The van der Waals surface area contributed by atoms with Crippen molar-refractivity contribution in [3.63, 3.8) is 0 Å². The molecule has 0 bridgehead atoms. The van der Waals surface area contributed by atoms with Crippen molar-refractivity contribution in [2.75, 3.05) is 0 Å². The van der Waals surface area contributed by atoms with Crippen LogP contribution in [0.15, 0.2) is 103 Å². The molecule has 1 fully saturated rings. The van der Waals surface area contributed by atoms with E-state index in [1.165, 1.54) is 26.7 Å². The highest BCUT2D eigenvalue weighted by molar-refractivity contribution is 6.99. The number of ether oxygens (including phenoxy) is 1. The summed E-state index contributed by atoms with van der Waals surface area (Å²) in [5.74, 6) is -0.205. The van der Waals surface area contributed by atoms with Crippen LogP contribution in [0.5, 0.6) is 0 Å². The molecule has 3 nitrogen and oxygen atoms in total. The number of aryl methyl sites for hydroxylation is 1. The standard InChI is InChI=1S/C34H36O3Si/c1-25-19-20-26-13-11-12-18-32(26)31(25)22-21-27-23-28(24-33(35)36-27)37-38(34(2,3)4,29-14-7-5-8-15-29)30-16-9-6-10-17-30/h5-22,27-28H,23-24H2,1-4H3. The van der Waals surface area contributed by atoms with Crippen LogP contribution in [-0.2, 0) is 14.0 Å². The molecule has 0 saturated carbocycles. The molecule has 4 aromatic rings. The van der Waals surface area contributed by atoms with E-state index in [0.717, 1.165) is 5.56 Å². The molecule has 0 aliphatic carbocycles. The minimum atomic E-state index is -2.76. The Labute approximate surface area is 227 Å². The number of benzene rings is 4. The van der Waals surface area contributed by atoms with E-state index >= 15 is 0 Å². The number of fused-ring (bicyclic) bond motifs is 1. The fraction of sp³-hybridized carbons (Fsp3) is 0.265. The van der Waals surface area contributed by atoms with Crippen LogP contribution in [-0.4, -0.2) is 26.5 Å². The lowest BCUT2D eigenvalue weighted by Gasteiger charge is -2.46. The van der Waals surface area contributed by atoms with Gasteiger partial charge in [-0.1, -0.05) is 124 Å². The number of hydrogen-bond acceptors (Lipinski definition) is 3. The molecule has 4 heteroatoms. The minimum Gasteiger partial charge on any atom is -0.458 e. The van der Waals surface area contributed by atoms with Crippen LogP contribution in [0.4, 0.5) is 0 Å². The molecule has 0 radical (unpaired) electrons. The Bertz CT molecular complexity index is 1400. The second-order valence-corrected chi connectivity index (χ2v) is 15.5. The van der Waals surface area contributed by atoms with Crippen molar-refractivity contribution in [2.45, 2.75) is 57.8 Å². The lowest BCUT2D eigenvalue weighted by molar-refractivity contribution is -0.155. The maximum atomic E-state index is 12.9. The summed E-state index contributed by atoms with van der Waals surface area (Å²) in [6, 6.07) is 33.9. The maximum absolute atomic E-state index is 12.9. The van der Waals surface area contributed by atoms with Crippen LogP contribution in [0.1, 0.15) is 44.7 Å². The molecule has 38 heavy (non-hydrogen) atoms. The smallest absolute Gasteiger partial charge is 0.308 e. The fourth-order valence-electron chi connectivity index (χ4n) is 5.77. The Morgan fingerprint density at radius 1 is 0.842 bits per heavy atom. The molecule has 0 aromatic heterocycles. The summed E-state index contributed by atoms with van der Waals surface area (Å²) in [6.45, 7) is 8.91. The predicted octanol–water partition coefficient (Wildman–Crippen LogP) is 6.81. The van der Waals surface area contributed by atoms with Crippen molar-refractivity contribution < 1.29 is 14.0 Å². The van der Waals surface area contributed by atoms with Crippen LogP contribution in [0.25, 0.3) is 16.8 Å². The number of cyclic esters (lactones) is 1. The average molecular weight is 521 g/mol. The topological polar surface area (TPSA) is 35.5 Å². The highest BCUT2D eigenvalue weighted by Crippen LogP contribution is 2.39. The molecular weight excluding hydrogens is 484 g/mol. The van der Waals surface area contributed by atoms with E-state index in [1.54, 1.807) is 0 Å². The second kappa shape index (κ2) is 10.7. The Balaban J connectivity index is 1.49. The predicted molar refractivity (Wildman–Crippen MR) is 159 cm³/mol. The van der Waals surface area contributed by atoms with Crippen molar-refractivity contribution in [1.82, 2.24) is 0 Å². The molecule has 1 aliphatic heterocycles. The van der Waals surface area contributed by atoms with Gasteiger partial charge in [-0.3, -0.25) is 4.79 Å². The number of esters is 1. The third-order valence-corrected chi connectivity index (χ3v) is 12.7. The number of rotatable bonds is 6. The quantitative estimate of drug-likeness (QED) is 0.207. The van der Waals surface area contributed by atoms with E-state index in [-0.39, 0.29) is 29.6 Å². The van der Waals surface area contributed by atoms with Gasteiger partial charge in [-0.25, -0.2) is 0 Å². The lowest BCUT2D eigenvalue weighted by Crippen LogP contribution is -2.68. The molecule has 0 N–H and O–H groups in total. The monoisotopic (exact) mass is 520 g/mol. The van der Waals surface area contributed by atoms with Crippen LogP contribution < -0.4 is 10.4 Å². The first-order chi connectivity index (χ1) is 18.3. The van der Waals surface area contributed by atoms with E-state index in [1.807, 2.05) is 18.2 Å². The van der Waals surface area contributed by atoms with Crippen molar-refractivity contribution >= 4 is 41.5 Å². The SMILES string of the molecule is Cc1ccc2ccccc2c1C=CC1CC(O[Si](c2ccccc2)(c2ccccc2)C(C)(C)C)CC(=O)O1. The number of hydrogen-bond donors (Lipinski definition) is 0. The Kier molecular flexibility index (Phi) is 7.38. The van der Waals surface area contributed by atoms with Gasteiger partial charge >= 0.3 is 5.97 Å². The molecule has 1 aliphatic rings. The molecule has 5 rings (SSSR count). The molecular formula is C34H36O3Si. The van der Waals surface area contributed by atoms with E-state index < -0.39 is 8.32 Å². The van der Waals surface area contributed by atoms with Gasteiger partial charge in [0.25, 0.3) is 8.32 Å². The first-order valence-electron chi connectivity index (χ1n) is 13.4. The van der Waals surface area contributed by atoms with Gasteiger partial charge in [-0.2, -0.15) is 0 Å². The minimum absolute atomic E-state index is 0.150. The summed E-state index contributed by atoms with van der Waals surface area (Å²) in [5, 5.41) is 4.69. The van der Waals surface area contributed by atoms with Gasteiger partial charge in [-0.05, 0) is 50.3 Å². The molecule has 194 valence electrons. The largest absolute Gasteiger partial charge is 0.458 e.